The van der Waals surface area contributed by atoms with E-state index in [0.717, 1.165) is 0 Å². The second-order valence-electron chi connectivity index (χ2n) is 3.28. The molecule has 2 aromatic heterocycles. The number of nitrogens with two attached hydrogens (primary N) is 2. The minimum absolute atomic E-state index is 0.0331. The van der Waals surface area contributed by atoms with Crippen molar-refractivity contribution in [3.05, 3.63) is 23.3 Å². The summed E-state index contributed by atoms with van der Waals surface area (Å²) in [6.07, 6.45) is 1.82. The molecule has 92 valence electrons. The highest BCUT2D eigenvalue weighted by Gasteiger charge is 2.08. The monoisotopic (exact) mass is 262 g/mol. The van der Waals surface area contributed by atoms with Crippen LogP contribution >= 0.6 is 11.3 Å². The van der Waals surface area contributed by atoms with Crippen LogP contribution in [0.4, 0.5) is 5.13 Å². The summed E-state index contributed by atoms with van der Waals surface area (Å²) in [6.45, 7) is 0.349. The van der Waals surface area contributed by atoms with Gasteiger partial charge >= 0.3 is 0 Å². The largest absolute Gasteiger partial charge is 0.458 e. The Morgan fingerprint density at radius 1 is 1.56 bits per heavy atom. The summed E-state index contributed by atoms with van der Waals surface area (Å²) in [5.74, 6) is 1.23. The van der Waals surface area contributed by atoms with E-state index in [0.29, 0.717) is 28.9 Å². The second-order valence-corrected chi connectivity index (χ2v) is 4.12. The van der Waals surface area contributed by atoms with Gasteiger partial charge in [-0.05, 0) is 12.1 Å². The van der Waals surface area contributed by atoms with Crippen LogP contribution in [-0.4, -0.2) is 10.9 Å². The van der Waals surface area contributed by atoms with Gasteiger partial charge in [0, 0.05) is 5.38 Å². The molecule has 0 aliphatic rings. The van der Waals surface area contributed by atoms with Gasteiger partial charge in [-0.15, -0.1) is 11.3 Å². The van der Waals surface area contributed by atoms with Crippen molar-refractivity contribution in [3.8, 4) is 17.6 Å². The van der Waals surface area contributed by atoms with Crippen LogP contribution in [0.25, 0.3) is 11.5 Å². The SMILES string of the molecule is N#CNCc1ccc(-c2csc(N=C(N)N)n2)o1. The molecular weight excluding hydrogens is 252 g/mol. The maximum atomic E-state index is 8.39. The maximum absolute atomic E-state index is 8.39. The number of rotatable bonds is 4. The molecule has 0 aliphatic heterocycles. The van der Waals surface area contributed by atoms with E-state index in [4.69, 9.17) is 21.1 Å². The van der Waals surface area contributed by atoms with Gasteiger partial charge in [-0.3, -0.25) is 0 Å². The first-order valence-corrected chi connectivity index (χ1v) is 5.83. The van der Waals surface area contributed by atoms with Gasteiger partial charge in [0.1, 0.15) is 11.5 Å². The van der Waals surface area contributed by atoms with Crippen LogP contribution in [0, 0.1) is 11.5 Å². The molecule has 0 unspecified atom stereocenters. The van der Waals surface area contributed by atoms with Crippen molar-refractivity contribution in [1.29, 1.82) is 5.26 Å². The van der Waals surface area contributed by atoms with Crippen LogP contribution in [0.5, 0.6) is 0 Å². The molecule has 0 aliphatic carbocycles. The minimum atomic E-state index is -0.0331. The number of hydrogen-bond donors (Lipinski definition) is 3. The van der Waals surface area contributed by atoms with Gasteiger partial charge in [-0.1, -0.05) is 0 Å². The molecule has 0 fully saturated rings. The van der Waals surface area contributed by atoms with Crippen LogP contribution < -0.4 is 16.8 Å². The number of guanidine groups is 1. The fraction of sp³-hybridized carbons (Fsp3) is 0.100. The van der Waals surface area contributed by atoms with Crippen molar-refractivity contribution in [2.45, 2.75) is 6.54 Å². The first-order chi connectivity index (χ1) is 8.69. The molecular formula is C10H10N6OS. The van der Waals surface area contributed by atoms with E-state index in [2.05, 4.69) is 15.3 Å². The Kier molecular flexibility index (Phi) is 3.45. The molecule has 0 saturated carbocycles. The Morgan fingerprint density at radius 3 is 3.11 bits per heavy atom. The van der Waals surface area contributed by atoms with Gasteiger partial charge in [0.2, 0.25) is 5.13 Å². The van der Waals surface area contributed by atoms with Crippen LogP contribution in [0.15, 0.2) is 26.9 Å². The normalized spacial score (nSPS) is 9.72. The topological polar surface area (TPSA) is 126 Å². The summed E-state index contributed by atoms with van der Waals surface area (Å²) < 4.78 is 5.51. The second kappa shape index (κ2) is 5.20. The highest BCUT2D eigenvalue weighted by Crippen LogP contribution is 2.27. The molecule has 0 bridgehead atoms. The number of nitrogens with zero attached hydrogens (tertiary/aromatic N) is 3. The Bertz CT molecular complexity index is 604. The van der Waals surface area contributed by atoms with Crippen molar-refractivity contribution in [2.75, 3.05) is 0 Å². The predicted molar refractivity (Wildman–Crippen MR) is 67.7 cm³/mol. The van der Waals surface area contributed by atoms with Gasteiger partial charge < -0.3 is 21.2 Å². The molecule has 7 nitrogen and oxygen atoms in total. The highest BCUT2D eigenvalue weighted by atomic mass is 32.1. The maximum Gasteiger partial charge on any atom is 0.212 e. The standard InChI is InChI=1S/C10H10N6OS/c11-5-14-3-6-1-2-8(17-6)7-4-18-10(15-7)16-9(12)13/h1-2,4,14H,3H2,(H4,12,13,15,16). The molecule has 8 heteroatoms. The number of hydrogen-bond acceptors (Lipinski definition) is 6. The molecule has 0 spiro atoms. The van der Waals surface area contributed by atoms with Crippen molar-refractivity contribution < 1.29 is 4.42 Å². The molecule has 5 N–H and O–H groups in total. The van der Waals surface area contributed by atoms with Crippen molar-refractivity contribution >= 4 is 22.4 Å². The Balaban J connectivity index is 2.16. The molecule has 0 amide bonds. The van der Waals surface area contributed by atoms with Crippen molar-refractivity contribution in [2.24, 2.45) is 16.5 Å². The Morgan fingerprint density at radius 2 is 2.39 bits per heavy atom. The fourth-order valence-electron chi connectivity index (χ4n) is 1.28. The molecule has 2 aromatic rings. The first-order valence-electron chi connectivity index (χ1n) is 4.95. The number of thiazole rings is 1. The smallest absolute Gasteiger partial charge is 0.212 e. The van der Waals surface area contributed by atoms with E-state index in [1.807, 2.05) is 6.19 Å². The van der Waals surface area contributed by atoms with E-state index in [1.54, 1.807) is 17.5 Å². The predicted octanol–water partition coefficient (Wildman–Crippen LogP) is 0.879. The highest BCUT2D eigenvalue weighted by molar-refractivity contribution is 7.13. The third-order valence-electron chi connectivity index (χ3n) is 1.97. The first kappa shape index (κ1) is 11.9. The average Bonchev–Trinajstić information content (AvgIpc) is 2.94. The van der Waals surface area contributed by atoms with Gasteiger partial charge in [0.25, 0.3) is 0 Å². The molecule has 0 aromatic carbocycles. The van der Waals surface area contributed by atoms with Crippen molar-refractivity contribution in [1.82, 2.24) is 10.3 Å². The third kappa shape index (κ3) is 2.78. The van der Waals surface area contributed by atoms with E-state index < -0.39 is 0 Å². The Hall–Kier alpha value is -2.53. The number of nitriles is 1. The zero-order valence-corrected chi connectivity index (χ0v) is 10.1. The lowest BCUT2D eigenvalue weighted by molar-refractivity contribution is 0.512. The van der Waals surface area contributed by atoms with Crippen molar-refractivity contribution in [3.63, 3.8) is 0 Å². The van der Waals surface area contributed by atoms with Gasteiger partial charge in [-0.2, -0.15) is 10.3 Å². The van der Waals surface area contributed by atoms with E-state index in [9.17, 15) is 0 Å². The number of aliphatic imine (C=N–C) groups is 1. The zero-order valence-electron chi connectivity index (χ0n) is 9.25. The quantitative estimate of drug-likeness (QED) is 0.325. The lowest BCUT2D eigenvalue weighted by atomic mass is 10.3. The van der Waals surface area contributed by atoms with E-state index in [1.165, 1.54) is 11.3 Å². The molecule has 18 heavy (non-hydrogen) atoms. The summed E-state index contributed by atoms with van der Waals surface area (Å²) >= 11 is 1.31. The molecule has 2 rings (SSSR count). The van der Waals surface area contributed by atoms with Crippen LogP contribution in [0.2, 0.25) is 0 Å². The minimum Gasteiger partial charge on any atom is -0.458 e. The lowest BCUT2D eigenvalue weighted by Crippen LogP contribution is -2.21. The van der Waals surface area contributed by atoms with Gasteiger partial charge in [0.15, 0.2) is 17.9 Å². The summed E-state index contributed by atoms with van der Waals surface area (Å²) in [5.41, 5.74) is 11.2. The summed E-state index contributed by atoms with van der Waals surface area (Å²) in [7, 11) is 0. The molecule has 0 atom stereocenters. The van der Waals surface area contributed by atoms with E-state index >= 15 is 0 Å². The summed E-state index contributed by atoms with van der Waals surface area (Å²) in [4.78, 5) is 8.05. The molecule has 0 saturated heterocycles. The number of furan rings is 1. The number of nitrogens with one attached hydrogen (secondary N) is 1. The van der Waals surface area contributed by atoms with Crippen LogP contribution in [-0.2, 0) is 6.54 Å². The Labute approximate surface area is 107 Å². The fourth-order valence-corrected chi connectivity index (χ4v) is 1.97. The molecule has 0 radical (unpaired) electrons. The third-order valence-corrected chi connectivity index (χ3v) is 2.71. The summed E-state index contributed by atoms with van der Waals surface area (Å²) in [6, 6.07) is 3.56. The zero-order chi connectivity index (χ0) is 13.0. The van der Waals surface area contributed by atoms with Crippen LogP contribution in [0.3, 0.4) is 0 Å². The molecule has 2 heterocycles. The lowest BCUT2D eigenvalue weighted by Gasteiger charge is -1.92. The van der Waals surface area contributed by atoms with Crippen LogP contribution in [0.1, 0.15) is 5.76 Å². The van der Waals surface area contributed by atoms with E-state index in [-0.39, 0.29) is 5.96 Å². The average molecular weight is 262 g/mol. The van der Waals surface area contributed by atoms with Gasteiger partial charge in [-0.25, -0.2) is 4.98 Å². The van der Waals surface area contributed by atoms with Gasteiger partial charge in [0.05, 0.1) is 6.54 Å². The number of aromatic nitrogens is 1. The summed E-state index contributed by atoms with van der Waals surface area (Å²) in [5, 5.41) is 13.2.